The Balaban J connectivity index is 0.00000512. The van der Waals surface area contributed by atoms with E-state index in [-0.39, 0.29) is 41.4 Å². The summed E-state index contributed by atoms with van der Waals surface area (Å²) in [5, 5.41) is 6.73. The van der Waals surface area contributed by atoms with Crippen molar-refractivity contribution in [2.75, 3.05) is 67.0 Å². The fourth-order valence-corrected chi connectivity index (χ4v) is 4.28. The van der Waals surface area contributed by atoms with Crippen LogP contribution in [0.2, 0.25) is 0 Å². The van der Waals surface area contributed by atoms with Gasteiger partial charge in [0, 0.05) is 67.0 Å². The van der Waals surface area contributed by atoms with E-state index in [1.807, 2.05) is 34.9 Å². The first-order chi connectivity index (χ1) is 14.6. The van der Waals surface area contributed by atoms with Gasteiger partial charge in [0.25, 0.3) is 0 Å². The van der Waals surface area contributed by atoms with Crippen molar-refractivity contribution in [2.45, 2.75) is 52.1 Å². The molecule has 0 spiro atoms. The van der Waals surface area contributed by atoms with Crippen LogP contribution in [0.15, 0.2) is 4.99 Å². The second kappa shape index (κ2) is 12.8. The minimum Gasteiger partial charge on any atom is -0.444 e. The molecular weight excluding hydrogens is 523 g/mol. The lowest BCUT2D eigenvalue weighted by atomic mass is 9.84. The highest BCUT2D eigenvalue weighted by atomic mass is 127. The normalized spacial score (nSPS) is 19.2. The van der Waals surface area contributed by atoms with Crippen LogP contribution in [0.1, 0.15) is 46.5 Å². The van der Waals surface area contributed by atoms with Crippen molar-refractivity contribution in [3.8, 4) is 0 Å². The summed E-state index contributed by atoms with van der Waals surface area (Å²) in [6, 6.07) is 0. The minimum absolute atomic E-state index is 0. The van der Waals surface area contributed by atoms with Crippen molar-refractivity contribution in [1.82, 2.24) is 25.3 Å². The van der Waals surface area contributed by atoms with E-state index in [1.54, 1.807) is 16.8 Å². The topological polar surface area (TPSA) is 89.5 Å². The third-order valence-corrected chi connectivity index (χ3v) is 5.98. The maximum absolute atomic E-state index is 12.7. The van der Waals surface area contributed by atoms with E-state index in [0.29, 0.717) is 19.6 Å². The number of carbonyl (C=O) groups excluding carboxylic acids is 2. The molecule has 0 atom stereocenters. The standard InChI is InChI=1S/C22H42N6O3.HI/c1-21(2,3)31-20(30)28-15-13-27(14-16-28)12-11-24-19(23-4)25-17-22(9-7-8-10-22)18(29)26(5)6;/h7-17H2,1-6H3,(H2,23,24,25);1H. The van der Waals surface area contributed by atoms with Gasteiger partial charge in [0.2, 0.25) is 5.91 Å². The molecule has 0 aromatic carbocycles. The average Bonchev–Trinajstić information content (AvgIpc) is 3.19. The molecule has 1 saturated heterocycles. The number of amides is 2. The lowest BCUT2D eigenvalue weighted by molar-refractivity contribution is -0.138. The average molecular weight is 567 g/mol. The Morgan fingerprint density at radius 3 is 2.16 bits per heavy atom. The maximum Gasteiger partial charge on any atom is 0.410 e. The van der Waals surface area contributed by atoms with E-state index >= 15 is 0 Å². The predicted octanol–water partition coefficient (Wildman–Crippen LogP) is 1.97. The van der Waals surface area contributed by atoms with Gasteiger partial charge >= 0.3 is 6.09 Å². The quantitative estimate of drug-likeness (QED) is 0.291. The molecule has 0 unspecified atom stereocenters. The molecular formula is C22H43IN6O3. The fraction of sp³-hybridized carbons (Fsp3) is 0.864. The van der Waals surface area contributed by atoms with Gasteiger partial charge in [0.05, 0.1) is 5.41 Å². The van der Waals surface area contributed by atoms with Crippen LogP contribution in [0, 0.1) is 5.41 Å². The zero-order valence-electron chi connectivity index (χ0n) is 20.7. The summed E-state index contributed by atoms with van der Waals surface area (Å²) in [5.74, 6) is 0.932. The van der Waals surface area contributed by atoms with Gasteiger partial charge in [0.1, 0.15) is 5.60 Å². The van der Waals surface area contributed by atoms with E-state index in [1.165, 1.54) is 0 Å². The molecule has 2 N–H and O–H groups in total. The lowest BCUT2D eigenvalue weighted by Gasteiger charge is -2.35. The molecule has 1 saturated carbocycles. The van der Waals surface area contributed by atoms with Crippen molar-refractivity contribution in [3.05, 3.63) is 0 Å². The van der Waals surface area contributed by atoms with Crippen LogP contribution in [0.5, 0.6) is 0 Å². The minimum atomic E-state index is -0.463. The summed E-state index contributed by atoms with van der Waals surface area (Å²) in [5.41, 5.74) is -0.783. The molecule has 2 aliphatic rings. The van der Waals surface area contributed by atoms with Crippen molar-refractivity contribution < 1.29 is 14.3 Å². The van der Waals surface area contributed by atoms with E-state index in [4.69, 9.17) is 4.74 Å². The molecule has 0 bridgehead atoms. The molecule has 0 radical (unpaired) electrons. The first-order valence-electron chi connectivity index (χ1n) is 11.4. The number of nitrogens with one attached hydrogen (secondary N) is 2. The number of nitrogens with zero attached hydrogens (tertiary/aromatic N) is 4. The molecule has 10 heteroatoms. The second-order valence-electron chi connectivity index (χ2n) is 9.85. The van der Waals surface area contributed by atoms with E-state index in [2.05, 4.69) is 20.5 Å². The van der Waals surface area contributed by atoms with Crippen LogP contribution in [-0.2, 0) is 9.53 Å². The summed E-state index contributed by atoms with van der Waals surface area (Å²) in [6.45, 7) is 10.9. The van der Waals surface area contributed by atoms with Gasteiger partial charge in [-0.2, -0.15) is 0 Å². The summed E-state index contributed by atoms with van der Waals surface area (Å²) in [7, 11) is 5.42. The lowest BCUT2D eigenvalue weighted by Crippen LogP contribution is -2.52. The number of rotatable bonds is 6. The number of aliphatic imine (C=N–C) groups is 1. The number of guanidine groups is 1. The van der Waals surface area contributed by atoms with E-state index in [0.717, 1.165) is 57.8 Å². The van der Waals surface area contributed by atoms with Gasteiger partial charge in [0.15, 0.2) is 5.96 Å². The van der Waals surface area contributed by atoms with Crippen LogP contribution >= 0.6 is 24.0 Å². The molecule has 2 amide bonds. The largest absolute Gasteiger partial charge is 0.444 e. The molecule has 1 aliphatic heterocycles. The number of hydrogen-bond acceptors (Lipinski definition) is 5. The molecule has 0 aromatic heterocycles. The number of piperazine rings is 1. The summed E-state index contributed by atoms with van der Waals surface area (Å²) >= 11 is 0. The first kappa shape index (κ1) is 28.7. The van der Waals surface area contributed by atoms with Crippen LogP contribution in [0.25, 0.3) is 0 Å². The molecule has 32 heavy (non-hydrogen) atoms. The fourth-order valence-electron chi connectivity index (χ4n) is 4.28. The van der Waals surface area contributed by atoms with Crippen LogP contribution in [0.4, 0.5) is 4.79 Å². The summed E-state index contributed by atoms with van der Waals surface area (Å²) in [6.07, 6.45) is 3.82. The van der Waals surface area contributed by atoms with E-state index < -0.39 is 5.60 Å². The predicted molar refractivity (Wildman–Crippen MR) is 139 cm³/mol. The van der Waals surface area contributed by atoms with Crippen molar-refractivity contribution in [1.29, 1.82) is 0 Å². The Labute approximate surface area is 210 Å². The van der Waals surface area contributed by atoms with Gasteiger partial charge in [-0.15, -0.1) is 24.0 Å². The highest BCUT2D eigenvalue weighted by Crippen LogP contribution is 2.38. The molecule has 1 heterocycles. The van der Waals surface area contributed by atoms with Gasteiger partial charge in [-0.3, -0.25) is 14.7 Å². The van der Waals surface area contributed by atoms with Crippen molar-refractivity contribution in [3.63, 3.8) is 0 Å². The second-order valence-corrected chi connectivity index (χ2v) is 9.85. The molecule has 186 valence electrons. The van der Waals surface area contributed by atoms with E-state index in [9.17, 15) is 9.59 Å². The van der Waals surface area contributed by atoms with Crippen LogP contribution < -0.4 is 10.6 Å². The number of hydrogen-bond donors (Lipinski definition) is 2. The molecule has 9 nitrogen and oxygen atoms in total. The van der Waals surface area contributed by atoms with Gasteiger partial charge in [-0.1, -0.05) is 12.8 Å². The first-order valence-corrected chi connectivity index (χ1v) is 11.4. The maximum atomic E-state index is 12.7. The van der Waals surface area contributed by atoms with Gasteiger partial charge in [-0.05, 0) is 33.6 Å². The van der Waals surface area contributed by atoms with Gasteiger partial charge < -0.3 is 25.2 Å². The molecule has 1 aliphatic carbocycles. The monoisotopic (exact) mass is 566 g/mol. The Morgan fingerprint density at radius 1 is 1.06 bits per heavy atom. The smallest absolute Gasteiger partial charge is 0.410 e. The number of carbonyl (C=O) groups is 2. The number of halogens is 1. The third-order valence-electron chi connectivity index (χ3n) is 5.98. The van der Waals surface area contributed by atoms with Gasteiger partial charge in [-0.25, -0.2) is 4.79 Å². The Kier molecular flexibility index (Phi) is 11.5. The summed E-state index contributed by atoms with van der Waals surface area (Å²) < 4.78 is 5.45. The molecule has 2 rings (SSSR count). The zero-order chi connectivity index (χ0) is 23.1. The SMILES string of the molecule is CN=C(NCCN1CCN(C(=O)OC(C)(C)C)CC1)NCC1(C(=O)N(C)C)CCCC1.I. The molecule has 0 aromatic rings. The van der Waals surface area contributed by atoms with Crippen molar-refractivity contribution in [2.24, 2.45) is 10.4 Å². The summed E-state index contributed by atoms with van der Waals surface area (Å²) in [4.78, 5) is 35.0. The van der Waals surface area contributed by atoms with Crippen molar-refractivity contribution >= 4 is 41.9 Å². The zero-order valence-corrected chi connectivity index (χ0v) is 23.0. The van der Waals surface area contributed by atoms with Crippen LogP contribution in [0.3, 0.4) is 0 Å². The highest BCUT2D eigenvalue weighted by Gasteiger charge is 2.42. The Morgan fingerprint density at radius 2 is 1.66 bits per heavy atom. The van der Waals surface area contributed by atoms with Crippen LogP contribution in [-0.4, -0.2) is 105 Å². The third kappa shape index (κ3) is 8.57. The Hall–Kier alpha value is -1.30. The number of ether oxygens (including phenoxy) is 1. The Bertz CT molecular complexity index is 636. The molecule has 2 fully saturated rings. The highest BCUT2D eigenvalue weighted by molar-refractivity contribution is 14.0.